The Morgan fingerprint density at radius 1 is 1.29 bits per heavy atom. The third kappa shape index (κ3) is 2.91. The standard InChI is InChI=1S/C13H19N/c1-5-11(4)14-13-8-6-12(7-9-13)10(2)3/h6-10,14H,4-5H2,1-3H3. The highest BCUT2D eigenvalue weighted by molar-refractivity contribution is 5.49. The second-order valence-electron chi connectivity index (χ2n) is 3.86. The molecule has 1 nitrogen and oxygen atoms in total. The topological polar surface area (TPSA) is 12.0 Å². The average Bonchev–Trinajstić information content (AvgIpc) is 2.18. The highest BCUT2D eigenvalue weighted by Crippen LogP contribution is 2.18. The molecule has 14 heavy (non-hydrogen) atoms. The summed E-state index contributed by atoms with van der Waals surface area (Å²) >= 11 is 0. The highest BCUT2D eigenvalue weighted by atomic mass is 14.9. The zero-order valence-electron chi connectivity index (χ0n) is 9.30. The highest BCUT2D eigenvalue weighted by Gasteiger charge is 1.98. The molecule has 1 aromatic carbocycles. The van der Waals surface area contributed by atoms with Crippen molar-refractivity contribution in [2.75, 3.05) is 5.32 Å². The maximum absolute atomic E-state index is 3.91. The number of rotatable bonds is 4. The van der Waals surface area contributed by atoms with Gasteiger partial charge in [-0.25, -0.2) is 0 Å². The summed E-state index contributed by atoms with van der Waals surface area (Å²) in [6.07, 6.45) is 0.964. The van der Waals surface area contributed by atoms with Crippen molar-refractivity contribution < 1.29 is 0 Å². The van der Waals surface area contributed by atoms with E-state index in [2.05, 4.69) is 56.9 Å². The molecule has 0 aliphatic heterocycles. The van der Waals surface area contributed by atoms with Crippen molar-refractivity contribution in [2.45, 2.75) is 33.1 Å². The van der Waals surface area contributed by atoms with Crippen LogP contribution in [0.5, 0.6) is 0 Å². The molecule has 1 aromatic rings. The van der Waals surface area contributed by atoms with Gasteiger partial charge in [0.15, 0.2) is 0 Å². The van der Waals surface area contributed by atoms with Crippen LogP contribution in [-0.2, 0) is 0 Å². The number of benzene rings is 1. The molecular formula is C13H19N. The van der Waals surface area contributed by atoms with Gasteiger partial charge in [-0.1, -0.05) is 39.5 Å². The van der Waals surface area contributed by atoms with E-state index < -0.39 is 0 Å². The third-order valence-electron chi connectivity index (χ3n) is 2.33. The van der Waals surface area contributed by atoms with Crippen LogP contribution in [0.4, 0.5) is 5.69 Å². The SMILES string of the molecule is C=C(CC)Nc1ccc(C(C)C)cc1. The summed E-state index contributed by atoms with van der Waals surface area (Å²) in [5, 5.41) is 3.26. The van der Waals surface area contributed by atoms with Crippen LogP contribution >= 0.6 is 0 Å². The Morgan fingerprint density at radius 3 is 2.29 bits per heavy atom. The molecule has 0 heterocycles. The molecule has 0 saturated carbocycles. The van der Waals surface area contributed by atoms with Crippen molar-refractivity contribution in [1.82, 2.24) is 0 Å². The fraction of sp³-hybridized carbons (Fsp3) is 0.385. The average molecular weight is 189 g/mol. The second-order valence-corrected chi connectivity index (χ2v) is 3.86. The molecule has 0 aliphatic rings. The summed E-state index contributed by atoms with van der Waals surface area (Å²) in [5.41, 5.74) is 3.56. The van der Waals surface area contributed by atoms with Crippen LogP contribution in [0.1, 0.15) is 38.7 Å². The van der Waals surface area contributed by atoms with Gasteiger partial charge in [0.1, 0.15) is 0 Å². The summed E-state index contributed by atoms with van der Waals surface area (Å²) in [7, 11) is 0. The van der Waals surface area contributed by atoms with Crippen LogP contribution in [0.3, 0.4) is 0 Å². The number of nitrogens with one attached hydrogen (secondary N) is 1. The molecule has 0 fully saturated rings. The van der Waals surface area contributed by atoms with E-state index in [1.807, 2.05) is 0 Å². The van der Waals surface area contributed by atoms with Gasteiger partial charge in [-0.3, -0.25) is 0 Å². The molecule has 0 aliphatic carbocycles. The van der Waals surface area contributed by atoms with Crippen LogP contribution in [0.25, 0.3) is 0 Å². The molecule has 0 spiro atoms. The second kappa shape index (κ2) is 4.85. The van der Waals surface area contributed by atoms with Gasteiger partial charge in [-0.15, -0.1) is 0 Å². The van der Waals surface area contributed by atoms with Crippen molar-refractivity contribution in [3.63, 3.8) is 0 Å². The van der Waals surface area contributed by atoms with E-state index in [0.29, 0.717) is 5.92 Å². The first-order chi connectivity index (χ1) is 6.63. The predicted molar refractivity (Wildman–Crippen MR) is 63.6 cm³/mol. The zero-order chi connectivity index (χ0) is 10.6. The minimum absolute atomic E-state index is 0.596. The predicted octanol–water partition coefficient (Wildman–Crippen LogP) is 4.15. The number of hydrogen-bond donors (Lipinski definition) is 1. The minimum Gasteiger partial charge on any atom is -0.359 e. The van der Waals surface area contributed by atoms with Crippen LogP contribution in [-0.4, -0.2) is 0 Å². The number of hydrogen-bond acceptors (Lipinski definition) is 1. The normalized spacial score (nSPS) is 10.3. The molecule has 0 unspecified atom stereocenters. The lowest BCUT2D eigenvalue weighted by Gasteiger charge is -2.09. The molecule has 0 amide bonds. The maximum Gasteiger partial charge on any atom is 0.0381 e. The molecule has 0 aromatic heterocycles. The summed E-state index contributed by atoms with van der Waals surface area (Å²) in [4.78, 5) is 0. The lowest BCUT2D eigenvalue weighted by atomic mass is 10.0. The van der Waals surface area contributed by atoms with E-state index >= 15 is 0 Å². The van der Waals surface area contributed by atoms with Crippen LogP contribution < -0.4 is 5.32 Å². The largest absolute Gasteiger partial charge is 0.359 e. The molecule has 0 saturated heterocycles. The summed E-state index contributed by atoms with van der Waals surface area (Å²) in [5.74, 6) is 0.596. The van der Waals surface area contributed by atoms with Gasteiger partial charge in [-0.2, -0.15) is 0 Å². The smallest absolute Gasteiger partial charge is 0.0381 e. The van der Waals surface area contributed by atoms with Crippen molar-refractivity contribution in [1.29, 1.82) is 0 Å². The summed E-state index contributed by atoms with van der Waals surface area (Å²) < 4.78 is 0. The number of anilines is 1. The van der Waals surface area contributed by atoms with Gasteiger partial charge in [0, 0.05) is 11.4 Å². The summed E-state index contributed by atoms with van der Waals surface area (Å²) in [6.45, 7) is 10.4. The lowest BCUT2D eigenvalue weighted by molar-refractivity contribution is 0.867. The molecular weight excluding hydrogens is 170 g/mol. The Balaban J connectivity index is 2.69. The fourth-order valence-electron chi connectivity index (χ4n) is 1.24. The van der Waals surface area contributed by atoms with E-state index in [0.717, 1.165) is 17.8 Å². The fourth-order valence-corrected chi connectivity index (χ4v) is 1.24. The van der Waals surface area contributed by atoms with E-state index in [1.54, 1.807) is 0 Å². The zero-order valence-corrected chi connectivity index (χ0v) is 9.30. The van der Waals surface area contributed by atoms with Crippen LogP contribution in [0.2, 0.25) is 0 Å². The first kappa shape index (κ1) is 10.8. The van der Waals surface area contributed by atoms with E-state index in [1.165, 1.54) is 5.56 Å². The molecule has 76 valence electrons. The van der Waals surface area contributed by atoms with Crippen LogP contribution in [0.15, 0.2) is 36.5 Å². The van der Waals surface area contributed by atoms with Gasteiger partial charge in [0.25, 0.3) is 0 Å². The van der Waals surface area contributed by atoms with Gasteiger partial charge in [0.2, 0.25) is 0 Å². The molecule has 0 radical (unpaired) electrons. The molecule has 0 bridgehead atoms. The lowest BCUT2D eigenvalue weighted by Crippen LogP contribution is -1.96. The first-order valence-corrected chi connectivity index (χ1v) is 5.18. The monoisotopic (exact) mass is 189 g/mol. The van der Waals surface area contributed by atoms with Crippen molar-refractivity contribution in [2.24, 2.45) is 0 Å². The van der Waals surface area contributed by atoms with E-state index in [9.17, 15) is 0 Å². The van der Waals surface area contributed by atoms with E-state index in [4.69, 9.17) is 0 Å². The molecule has 0 atom stereocenters. The minimum atomic E-state index is 0.596. The van der Waals surface area contributed by atoms with Crippen molar-refractivity contribution in [3.05, 3.63) is 42.1 Å². The Bertz CT molecular complexity index is 296. The Hall–Kier alpha value is -1.24. The van der Waals surface area contributed by atoms with Crippen molar-refractivity contribution >= 4 is 5.69 Å². The third-order valence-corrected chi connectivity index (χ3v) is 2.33. The van der Waals surface area contributed by atoms with Gasteiger partial charge < -0.3 is 5.32 Å². The van der Waals surface area contributed by atoms with E-state index in [-0.39, 0.29) is 0 Å². The van der Waals surface area contributed by atoms with Gasteiger partial charge in [0.05, 0.1) is 0 Å². The number of allylic oxidation sites excluding steroid dienone is 1. The molecule has 1 N–H and O–H groups in total. The van der Waals surface area contributed by atoms with Crippen molar-refractivity contribution in [3.8, 4) is 0 Å². The van der Waals surface area contributed by atoms with Gasteiger partial charge >= 0.3 is 0 Å². The first-order valence-electron chi connectivity index (χ1n) is 5.18. The molecule has 1 rings (SSSR count). The Labute approximate surface area is 86.8 Å². The maximum atomic E-state index is 3.91. The quantitative estimate of drug-likeness (QED) is 0.750. The van der Waals surface area contributed by atoms with Crippen LogP contribution in [0, 0.1) is 0 Å². The van der Waals surface area contributed by atoms with Gasteiger partial charge in [-0.05, 0) is 30.0 Å². The summed E-state index contributed by atoms with van der Waals surface area (Å²) in [6, 6.07) is 8.54. The Kier molecular flexibility index (Phi) is 3.75. The molecule has 1 heteroatoms. The Morgan fingerprint density at radius 2 is 1.86 bits per heavy atom.